The van der Waals surface area contributed by atoms with Gasteiger partial charge in [-0.05, 0) is 41.8 Å². The highest BCUT2D eigenvalue weighted by molar-refractivity contribution is 6.51. The maximum atomic E-state index is 15.1. The molecule has 3 aromatic carbocycles. The maximum absolute atomic E-state index is 15.1. The number of Topliss-reactive ketones (excluding diaryl/α,β-unsaturated/α-hetero) is 1. The lowest BCUT2D eigenvalue weighted by Gasteiger charge is -2.24. The lowest BCUT2D eigenvalue weighted by molar-refractivity contribution is -0.132. The summed E-state index contributed by atoms with van der Waals surface area (Å²) in [5.74, 6) is -2.17. The van der Waals surface area contributed by atoms with Crippen LogP contribution in [0.1, 0.15) is 43.5 Å². The van der Waals surface area contributed by atoms with Gasteiger partial charge >= 0.3 is 5.91 Å². The summed E-state index contributed by atoms with van der Waals surface area (Å²) in [7, 11) is 1.56. The van der Waals surface area contributed by atoms with Gasteiger partial charge in [-0.1, -0.05) is 51.1 Å². The number of rotatable bonds is 4. The second-order valence-corrected chi connectivity index (χ2v) is 9.93. The molecule has 5 rings (SSSR count). The molecule has 0 bridgehead atoms. The number of ketones is 1. The number of para-hydroxylation sites is 2. The Morgan fingerprint density at radius 2 is 1.76 bits per heavy atom. The van der Waals surface area contributed by atoms with E-state index < -0.39 is 29.3 Å². The van der Waals surface area contributed by atoms with E-state index in [9.17, 15) is 14.7 Å². The summed E-state index contributed by atoms with van der Waals surface area (Å²) in [6.07, 6.45) is 0. The summed E-state index contributed by atoms with van der Waals surface area (Å²) in [4.78, 5) is 35.4. The van der Waals surface area contributed by atoms with Crippen molar-refractivity contribution in [2.45, 2.75) is 32.2 Å². The first-order valence-corrected chi connectivity index (χ1v) is 11.8. The fourth-order valence-corrected chi connectivity index (χ4v) is 4.69. The Kier molecular flexibility index (Phi) is 5.82. The Balaban J connectivity index is 1.75. The second kappa shape index (κ2) is 8.89. The van der Waals surface area contributed by atoms with Crippen LogP contribution in [-0.2, 0) is 15.0 Å². The van der Waals surface area contributed by atoms with Crippen LogP contribution in [0.3, 0.4) is 0 Å². The Bertz CT molecular complexity index is 1550. The second-order valence-electron chi connectivity index (χ2n) is 9.93. The van der Waals surface area contributed by atoms with E-state index in [-0.39, 0.29) is 22.5 Å². The predicted molar refractivity (Wildman–Crippen MR) is 139 cm³/mol. The number of aliphatic hydroxyl groups is 1. The number of amides is 1. The van der Waals surface area contributed by atoms with E-state index in [4.69, 9.17) is 4.74 Å². The molecule has 0 aliphatic carbocycles. The number of aliphatic hydroxyl groups excluding tert-OH is 1. The minimum Gasteiger partial charge on any atom is -0.507 e. The minimum absolute atomic E-state index is 0.0632. The molecule has 1 aromatic heterocycles. The zero-order valence-corrected chi connectivity index (χ0v) is 20.9. The van der Waals surface area contributed by atoms with Gasteiger partial charge in [0.1, 0.15) is 23.4 Å². The van der Waals surface area contributed by atoms with E-state index in [0.29, 0.717) is 22.3 Å². The highest BCUT2D eigenvalue weighted by Gasteiger charge is 2.49. The molecular weight excluding hydrogens is 473 g/mol. The first-order chi connectivity index (χ1) is 17.6. The summed E-state index contributed by atoms with van der Waals surface area (Å²) < 4.78 is 20.6. The highest BCUT2D eigenvalue weighted by atomic mass is 19.1. The van der Waals surface area contributed by atoms with Crippen LogP contribution >= 0.6 is 0 Å². The average Bonchev–Trinajstić information content (AvgIpc) is 3.41. The van der Waals surface area contributed by atoms with E-state index in [0.717, 1.165) is 10.5 Å². The average molecular weight is 500 g/mol. The monoisotopic (exact) mass is 499 g/mol. The molecule has 37 heavy (non-hydrogen) atoms. The van der Waals surface area contributed by atoms with Crippen molar-refractivity contribution in [1.29, 1.82) is 0 Å². The number of fused-ring (bicyclic) bond motifs is 1. The smallest absolute Gasteiger partial charge is 0.302 e. The van der Waals surface area contributed by atoms with Gasteiger partial charge in [0.2, 0.25) is 5.95 Å². The number of carbonyl (C=O) groups excluding carboxylic acids is 2. The van der Waals surface area contributed by atoms with Gasteiger partial charge in [-0.25, -0.2) is 9.37 Å². The number of H-pyrrole nitrogens is 1. The van der Waals surface area contributed by atoms with Gasteiger partial charge in [-0.3, -0.25) is 14.5 Å². The molecule has 1 saturated heterocycles. The highest BCUT2D eigenvalue weighted by Crippen LogP contribution is 2.43. The normalized spacial score (nSPS) is 17.5. The third-order valence-corrected chi connectivity index (χ3v) is 6.53. The zero-order valence-electron chi connectivity index (χ0n) is 20.9. The van der Waals surface area contributed by atoms with Gasteiger partial charge < -0.3 is 14.8 Å². The first-order valence-electron chi connectivity index (χ1n) is 11.8. The predicted octanol–water partition coefficient (Wildman–Crippen LogP) is 5.63. The number of aromatic nitrogens is 2. The molecule has 1 aliphatic heterocycles. The minimum atomic E-state index is -1.23. The molecule has 188 valence electrons. The van der Waals surface area contributed by atoms with E-state index in [2.05, 4.69) is 9.97 Å². The number of anilines is 1. The van der Waals surface area contributed by atoms with Gasteiger partial charge in [0.25, 0.3) is 5.78 Å². The topological polar surface area (TPSA) is 95.5 Å². The molecule has 1 amide bonds. The standard InChI is InChI=1S/C29H26FN3O4/c1-29(2,3)18-15-16(13-14-22(18)37-4)25(34)23-24(17-9-5-6-10-19(17)30)33(27(36)26(23)35)28-31-20-11-7-8-12-21(20)32-28/h5-15,24,34H,1-4H3,(H,31,32)/b25-23+. The van der Waals surface area contributed by atoms with Crippen LogP contribution < -0.4 is 9.64 Å². The lowest BCUT2D eigenvalue weighted by Crippen LogP contribution is -2.30. The van der Waals surface area contributed by atoms with Crippen LogP contribution in [0.5, 0.6) is 5.75 Å². The number of hydrogen-bond acceptors (Lipinski definition) is 5. The molecular formula is C29H26FN3O4. The fraction of sp³-hybridized carbons (Fsp3) is 0.207. The SMILES string of the molecule is COc1ccc(/C(O)=C2\C(=O)C(=O)N(c3nc4ccccc4[nH]3)C2c2ccccc2F)cc1C(C)(C)C. The molecule has 0 spiro atoms. The number of methoxy groups -OCH3 is 1. The lowest BCUT2D eigenvalue weighted by atomic mass is 9.84. The van der Waals surface area contributed by atoms with Crippen LogP contribution in [0.25, 0.3) is 16.8 Å². The molecule has 1 aliphatic rings. The molecule has 2 N–H and O–H groups in total. The van der Waals surface area contributed by atoms with E-state index in [1.54, 1.807) is 49.6 Å². The number of ether oxygens (including phenoxy) is 1. The van der Waals surface area contributed by atoms with Gasteiger partial charge in [-0.2, -0.15) is 0 Å². The largest absolute Gasteiger partial charge is 0.507 e. The summed E-state index contributed by atoms with van der Waals surface area (Å²) >= 11 is 0. The van der Waals surface area contributed by atoms with Crippen LogP contribution in [0.4, 0.5) is 10.3 Å². The number of aromatic amines is 1. The molecule has 2 heterocycles. The first kappa shape index (κ1) is 24.2. The van der Waals surface area contributed by atoms with Crippen LogP contribution in [-0.4, -0.2) is 33.9 Å². The van der Waals surface area contributed by atoms with Gasteiger partial charge in [0.15, 0.2) is 0 Å². The van der Waals surface area contributed by atoms with Gasteiger partial charge in [0.05, 0.1) is 23.7 Å². The molecule has 4 aromatic rings. The van der Waals surface area contributed by atoms with Crippen LogP contribution in [0.2, 0.25) is 0 Å². The van der Waals surface area contributed by atoms with Crippen LogP contribution in [0, 0.1) is 5.82 Å². The third kappa shape index (κ3) is 4.04. The number of carbonyl (C=O) groups is 2. The van der Waals surface area contributed by atoms with E-state index in [1.165, 1.54) is 18.2 Å². The van der Waals surface area contributed by atoms with Crippen molar-refractivity contribution >= 4 is 34.4 Å². The van der Waals surface area contributed by atoms with Crippen molar-refractivity contribution in [2.75, 3.05) is 12.0 Å². The van der Waals surface area contributed by atoms with Crippen molar-refractivity contribution in [2.24, 2.45) is 0 Å². The van der Waals surface area contributed by atoms with Gasteiger partial charge in [-0.15, -0.1) is 0 Å². The summed E-state index contributed by atoms with van der Waals surface area (Å²) in [5, 5.41) is 11.5. The summed E-state index contributed by atoms with van der Waals surface area (Å²) in [6, 6.07) is 16.8. The fourth-order valence-electron chi connectivity index (χ4n) is 4.69. The van der Waals surface area contributed by atoms with Crippen LogP contribution in [0.15, 0.2) is 72.3 Å². The zero-order chi connectivity index (χ0) is 26.5. The van der Waals surface area contributed by atoms with E-state index in [1.807, 2.05) is 26.8 Å². The molecule has 0 saturated carbocycles. The van der Waals surface area contributed by atoms with Crippen molar-refractivity contribution in [3.8, 4) is 5.75 Å². The Hall–Kier alpha value is -4.46. The van der Waals surface area contributed by atoms with Crippen molar-refractivity contribution in [3.63, 3.8) is 0 Å². The molecule has 8 heteroatoms. The molecule has 7 nitrogen and oxygen atoms in total. The number of halogens is 1. The Morgan fingerprint density at radius 1 is 1.05 bits per heavy atom. The van der Waals surface area contributed by atoms with E-state index >= 15 is 4.39 Å². The van der Waals surface area contributed by atoms with Crippen molar-refractivity contribution in [1.82, 2.24) is 9.97 Å². The van der Waals surface area contributed by atoms with Crippen molar-refractivity contribution in [3.05, 3.63) is 94.8 Å². The Morgan fingerprint density at radius 3 is 2.43 bits per heavy atom. The number of imidazole rings is 1. The number of nitrogens with zero attached hydrogens (tertiary/aromatic N) is 2. The molecule has 0 radical (unpaired) electrons. The molecule has 1 fully saturated rings. The molecule has 1 atom stereocenters. The van der Waals surface area contributed by atoms with Crippen molar-refractivity contribution < 1.29 is 23.8 Å². The summed E-state index contributed by atoms with van der Waals surface area (Å²) in [5.41, 5.74) is 1.84. The number of benzene rings is 3. The van der Waals surface area contributed by atoms with Gasteiger partial charge in [0, 0.05) is 16.7 Å². The quantitative estimate of drug-likeness (QED) is 0.215. The summed E-state index contributed by atoms with van der Waals surface area (Å²) in [6.45, 7) is 5.98. The number of nitrogens with one attached hydrogen (secondary N) is 1. The Labute approximate surface area is 213 Å². The molecule has 1 unspecified atom stereocenters. The number of hydrogen-bond donors (Lipinski definition) is 2. The maximum Gasteiger partial charge on any atom is 0.302 e. The third-order valence-electron chi connectivity index (χ3n) is 6.53.